The average Bonchev–Trinajstić information content (AvgIpc) is 2.83. The molecule has 0 aromatic carbocycles. The first-order chi connectivity index (χ1) is 9.02. The number of carbonyl (C=O) groups excluding carboxylic acids is 1. The van der Waals surface area contributed by atoms with Gasteiger partial charge in [-0.15, -0.1) is 0 Å². The fourth-order valence-corrected chi connectivity index (χ4v) is 4.03. The highest BCUT2D eigenvalue weighted by atomic mass is 32.2. The first-order valence-corrected chi connectivity index (χ1v) is 8.34. The fourth-order valence-electron chi connectivity index (χ4n) is 2.78. The monoisotopic (exact) mass is 282 g/mol. The molecule has 0 aliphatic carbocycles. The summed E-state index contributed by atoms with van der Waals surface area (Å²) in [7, 11) is 0. The molecule has 1 aliphatic rings. The van der Waals surface area contributed by atoms with Crippen molar-refractivity contribution in [1.82, 2.24) is 5.32 Å². The van der Waals surface area contributed by atoms with Gasteiger partial charge < -0.3 is 5.32 Å². The van der Waals surface area contributed by atoms with Crippen LogP contribution in [0.5, 0.6) is 0 Å². The lowest BCUT2D eigenvalue weighted by molar-refractivity contribution is -0.129. The van der Waals surface area contributed by atoms with Gasteiger partial charge in [0.05, 0.1) is 6.07 Å². The Kier molecular flexibility index (Phi) is 6.19. The van der Waals surface area contributed by atoms with Crippen molar-refractivity contribution in [3.05, 3.63) is 0 Å². The Labute approximate surface area is 121 Å². The highest BCUT2D eigenvalue weighted by Crippen LogP contribution is 2.37. The van der Waals surface area contributed by atoms with E-state index >= 15 is 0 Å². The first kappa shape index (κ1) is 16.4. The molecule has 1 N–H and O–H groups in total. The molecule has 19 heavy (non-hydrogen) atoms. The number of rotatable bonds is 7. The van der Waals surface area contributed by atoms with Gasteiger partial charge in [0, 0.05) is 11.3 Å². The largest absolute Gasteiger partial charge is 0.353 e. The van der Waals surface area contributed by atoms with E-state index in [1.807, 2.05) is 25.6 Å². The Hall–Kier alpha value is -0.690. The Balaban J connectivity index is 2.64. The normalized spacial score (nSPS) is 23.1. The Morgan fingerprint density at radius 2 is 2.05 bits per heavy atom. The van der Waals surface area contributed by atoms with Crippen molar-refractivity contribution in [2.45, 2.75) is 64.0 Å². The van der Waals surface area contributed by atoms with Crippen LogP contribution in [-0.2, 0) is 4.79 Å². The SMILES string of the molecule is CCCC(C#N)(CCC)C(=O)NCC1(C)CCCS1. The van der Waals surface area contributed by atoms with Gasteiger partial charge in [-0.25, -0.2) is 0 Å². The average molecular weight is 282 g/mol. The molecule has 108 valence electrons. The molecule has 4 heteroatoms. The van der Waals surface area contributed by atoms with Crippen molar-refractivity contribution >= 4 is 17.7 Å². The summed E-state index contributed by atoms with van der Waals surface area (Å²) >= 11 is 1.93. The zero-order valence-electron chi connectivity index (χ0n) is 12.4. The predicted molar refractivity (Wildman–Crippen MR) is 81.0 cm³/mol. The Morgan fingerprint density at radius 3 is 2.47 bits per heavy atom. The van der Waals surface area contributed by atoms with Crippen molar-refractivity contribution in [3.8, 4) is 6.07 Å². The summed E-state index contributed by atoms with van der Waals surface area (Å²) in [5.41, 5.74) is -0.816. The lowest BCUT2D eigenvalue weighted by atomic mass is 9.79. The van der Waals surface area contributed by atoms with Crippen molar-refractivity contribution in [3.63, 3.8) is 0 Å². The number of hydrogen-bond acceptors (Lipinski definition) is 3. The Morgan fingerprint density at radius 1 is 1.42 bits per heavy atom. The highest BCUT2D eigenvalue weighted by molar-refractivity contribution is 8.00. The van der Waals surface area contributed by atoms with Gasteiger partial charge in [0.25, 0.3) is 0 Å². The molecule has 0 saturated carbocycles. The number of nitrogens with one attached hydrogen (secondary N) is 1. The lowest BCUT2D eigenvalue weighted by Gasteiger charge is -2.28. The summed E-state index contributed by atoms with van der Waals surface area (Å²) < 4.78 is 0.162. The fraction of sp³-hybridized carbons (Fsp3) is 0.867. The highest BCUT2D eigenvalue weighted by Gasteiger charge is 2.38. The molecule has 1 saturated heterocycles. The molecule has 1 rings (SSSR count). The summed E-state index contributed by atoms with van der Waals surface area (Å²) in [5, 5.41) is 12.5. The summed E-state index contributed by atoms with van der Waals surface area (Å²) in [4.78, 5) is 12.4. The second kappa shape index (κ2) is 7.19. The lowest BCUT2D eigenvalue weighted by Crippen LogP contribution is -2.45. The smallest absolute Gasteiger partial charge is 0.240 e. The molecule has 1 amide bonds. The van der Waals surface area contributed by atoms with Crippen molar-refractivity contribution in [2.24, 2.45) is 5.41 Å². The van der Waals surface area contributed by atoms with Crippen LogP contribution in [-0.4, -0.2) is 23.0 Å². The third-order valence-electron chi connectivity index (χ3n) is 3.93. The second-order valence-corrected chi connectivity index (χ2v) is 7.46. The van der Waals surface area contributed by atoms with E-state index in [0.717, 1.165) is 19.3 Å². The van der Waals surface area contributed by atoms with Crippen LogP contribution in [0.3, 0.4) is 0 Å². The molecule has 1 unspecified atom stereocenters. The molecule has 0 bridgehead atoms. The number of thioether (sulfide) groups is 1. The van der Waals surface area contributed by atoms with Gasteiger partial charge in [0.1, 0.15) is 5.41 Å². The van der Waals surface area contributed by atoms with E-state index in [9.17, 15) is 10.1 Å². The molecule has 0 aromatic heterocycles. The van der Waals surface area contributed by atoms with Crippen LogP contribution in [0.25, 0.3) is 0 Å². The van der Waals surface area contributed by atoms with Crippen LogP contribution in [0.1, 0.15) is 59.3 Å². The topological polar surface area (TPSA) is 52.9 Å². The standard InChI is InChI=1S/C15H26N2OS/c1-4-7-15(11-16,8-5-2)13(18)17-12-14(3)9-6-10-19-14/h4-10,12H2,1-3H3,(H,17,18). The molecule has 0 aromatic rings. The van der Waals surface area contributed by atoms with E-state index < -0.39 is 5.41 Å². The summed E-state index contributed by atoms with van der Waals surface area (Å²) in [6, 6.07) is 2.29. The summed E-state index contributed by atoms with van der Waals surface area (Å²) in [6.45, 7) is 6.96. The van der Waals surface area contributed by atoms with Gasteiger partial charge in [0.15, 0.2) is 0 Å². The van der Waals surface area contributed by atoms with Crippen LogP contribution in [0, 0.1) is 16.7 Å². The first-order valence-electron chi connectivity index (χ1n) is 7.35. The number of hydrogen-bond donors (Lipinski definition) is 1. The number of nitriles is 1. The van der Waals surface area contributed by atoms with E-state index in [1.165, 1.54) is 12.2 Å². The zero-order chi connectivity index (χ0) is 14.4. The predicted octanol–water partition coefficient (Wildman–Crippen LogP) is 3.50. The minimum Gasteiger partial charge on any atom is -0.353 e. The van der Waals surface area contributed by atoms with Crippen LogP contribution < -0.4 is 5.32 Å². The Bertz CT molecular complexity index is 337. The summed E-state index contributed by atoms with van der Waals surface area (Å²) in [5.74, 6) is 1.12. The van der Waals surface area contributed by atoms with Gasteiger partial charge in [-0.1, -0.05) is 26.7 Å². The van der Waals surface area contributed by atoms with E-state index in [4.69, 9.17) is 0 Å². The van der Waals surface area contributed by atoms with E-state index in [1.54, 1.807) is 0 Å². The van der Waals surface area contributed by atoms with E-state index in [2.05, 4.69) is 18.3 Å². The van der Waals surface area contributed by atoms with Crippen molar-refractivity contribution in [2.75, 3.05) is 12.3 Å². The van der Waals surface area contributed by atoms with Crippen LogP contribution in [0.2, 0.25) is 0 Å². The summed E-state index contributed by atoms with van der Waals surface area (Å²) in [6.07, 6.45) is 5.43. The van der Waals surface area contributed by atoms with E-state index in [0.29, 0.717) is 19.4 Å². The molecule has 0 spiro atoms. The molecule has 1 aliphatic heterocycles. The van der Waals surface area contributed by atoms with Gasteiger partial charge >= 0.3 is 0 Å². The number of amides is 1. The van der Waals surface area contributed by atoms with Gasteiger partial charge in [-0.2, -0.15) is 17.0 Å². The molecular weight excluding hydrogens is 256 g/mol. The minimum absolute atomic E-state index is 0.0626. The van der Waals surface area contributed by atoms with Crippen molar-refractivity contribution in [1.29, 1.82) is 5.26 Å². The maximum Gasteiger partial charge on any atom is 0.240 e. The van der Waals surface area contributed by atoms with E-state index in [-0.39, 0.29) is 10.7 Å². The molecule has 1 heterocycles. The van der Waals surface area contributed by atoms with Gasteiger partial charge in [0.2, 0.25) is 5.91 Å². The van der Waals surface area contributed by atoms with Gasteiger partial charge in [-0.3, -0.25) is 4.79 Å². The maximum absolute atomic E-state index is 12.4. The van der Waals surface area contributed by atoms with Crippen LogP contribution >= 0.6 is 11.8 Å². The minimum atomic E-state index is -0.816. The molecule has 1 atom stereocenters. The molecule has 1 fully saturated rings. The maximum atomic E-state index is 12.4. The molecule has 3 nitrogen and oxygen atoms in total. The molecule has 0 radical (unpaired) electrons. The third-order valence-corrected chi connectivity index (χ3v) is 5.46. The number of nitrogens with zero attached hydrogens (tertiary/aromatic N) is 1. The quantitative estimate of drug-likeness (QED) is 0.777. The van der Waals surface area contributed by atoms with Crippen LogP contribution in [0.15, 0.2) is 0 Å². The van der Waals surface area contributed by atoms with Crippen molar-refractivity contribution < 1.29 is 4.79 Å². The second-order valence-electron chi connectivity index (χ2n) is 5.78. The zero-order valence-corrected chi connectivity index (χ0v) is 13.2. The van der Waals surface area contributed by atoms with Crippen LogP contribution in [0.4, 0.5) is 0 Å². The van der Waals surface area contributed by atoms with Gasteiger partial charge in [-0.05, 0) is 38.4 Å². The molecular formula is C15H26N2OS. The third kappa shape index (κ3) is 4.14. The number of carbonyl (C=O) groups is 1.